The molecule has 0 unspecified atom stereocenters. The maximum atomic E-state index is 12.4. The quantitative estimate of drug-likeness (QED) is 0.925. The van der Waals surface area contributed by atoms with Gasteiger partial charge < -0.3 is 9.84 Å². The number of methoxy groups -OCH3 is 1. The summed E-state index contributed by atoms with van der Waals surface area (Å²) in [6, 6.07) is 0. The van der Waals surface area contributed by atoms with E-state index < -0.39 is 18.1 Å². The molecule has 0 aliphatic heterocycles. The van der Waals surface area contributed by atoms with Crippen molar-refractivity contribution < 1.29 is 23.4 Å². The van der Waals surface area contributed by atoms with Gasteiger partial charge in [0.05, 0.1) is 17.1 Å². The number of ether oxygens (including phenoxy) is 1. The molecular formula is C8H6BrF2NO3. The van der Waals surface area contributed by atoms with E-state index in [0.29, 0.717) is 0 Å². The zero-order valence-electron chi connectivity index (χ0n) is 7.50. The summed E-state index contributed by atoms with van der Waals surface area (Å²) in [4.78, 5) is 14.0. The number of pyridine rings is 1. The van der Waals surface area contributed by atoms with Crippen LogP contribution in [0.15, 0.2) is 10.7 Å². The van der Waals surface area contributed by atoms with Gasteiger partial charge in [-0.05, 0) is 15.9 Å². The van der Waals surface area contributed by atoms with Gasteiger partial charge in [-0.15, -0.1) is 0 Å². The molecule has 0 amide bonds. The number of carboxylic acid groups (broad SMARTS) is 1. The Labute approximate surface area is 92.0 Å². The fraction of sp³-hybridized carbons (Fsp3) is 0.250. The van der Waals surface area contributed by atoms with Gasteiger partial charge in [0.25, 0.3) is 6.43 Å². The number of aromatic carboxylic acids is 1. The van der Waals surface area contributed by atoms with Gasteiger partial charge in [0.15, 0.2) is 5.75 Å². The Morgan fingerprint density at radius 1 is 1.67 bits per heavy atom. The van der Waals surface area contributed by atoms with Crippen molar-refractivity contribution in [2.75, 3.05) is 7.11 Å². The van der Waals surface area contributed by atoms with Crippen LogP contribution in [0.1, 0.15) is 22.5 Å². The van der Waals surface area contributed by atoms with Gasteiger partial charge in [0, 0.05) is 6.20 Å². The van der Waals surface area contributed by atoms with Crippen LogP contribution in [-0.2, 0) is 0 Å². The Morgan fingerprint density at radius 3 is 2.67 bits per heavy atom. The number of halogens is 3. The molecule has 0 bridgehead atoms. The molecule has 82 valence electrons. The number of alkyl halides is 2. The van der Waals surface area contributed by atoms with Gasteiger partial charge in [-0.1, -0.05) is 0 Å². The molecule has 0 atom stereocenters. The monoisotopic (exact) mass is 281 g/mol. The highest BCUT2D eigenvalue weighted by atomic mass is 79.9. The molecule has 0 saturated carbocycles. The van der Waals surface area contributed by atoms with Crippen molar-refractivity contribution in [1.82, 2.24) is 4.98 Å². The van der Waals surface area contributed by atoms with Crippen molar-refractivity contribution >= 4 is 21.9 Å². The minimum Gasteiger partial charge on any atom is -0.493 e. The average molecular weight is 282 g/mol. The molecule has 15 heavy (non-hydrogen) atoms. The molecule has 1 heterocycles. The van der Waals surface area contributed by atoms with Gasteiger partial charge in [0.1, 0.15) is 5.69 Å². The van der Waals surface area contributed by atoms with E-state index in [0.717, 1.165) is 6.20 Å². The molecule has 1 aromatic heterocycles. The van der Waals surface area contributed by atoms with Crippen molar-refractivity contribution in [1.29, 1.82) is 0 Å². The molecule has 0 saturated heterocycles. The molecule has 0 aromatic carbocycles. The van der Waals surface area contributed by atoms with Crippen molar-refractivity contribution in [3.8, 4) is 5.75 Å². The van der Waals surface area contributed by atoms with Gasteiger partial charge in [-0.2, -0.15) is 0 Å². The van der Waals surface area contributed by atoms with E-state index in [9.17, 15) is 13.6 Å². The first-order chi connectivity index (χ1) is 6.99. The molecule has 0 spiro atoms. The number of hydrogen-bond acceptors (Lipinski definition) is 3. The summed E-state index contributed by atoms with van der Waals surface area (Å²) >= 11 is 2.88. The number of nitrogens with zero attached hydrogens (tertiary/aromatic N) is 1. The van der Waals surface area contributed by atoms with E-state index in [4.69, 9.17) is 5.11 Å². The highest BCUT2D eigenvalue weighted by Crippen LogP contribution is 2.35. The van der Waals surface area contributed by atoms with Crippen LogP contribution in [0.2, 0.25) is 0 Å². The number of carbonyl (C=O) groups is 1. The Balaban J connectivity index is 3.39. The zero-order valence-corrected chi connectivity index (χ0v) is 9.09. The first kappa shape index (κ1) is 11.8. The number of aromatic nitrogens is 1. The summed E-state index contributed by atoms with van der Waals surface area (Å²) in [5.74, 6) is -1.53. The molecule has 1 N–H and O–H groups in total. The number of hydrogen-bond donors (Lipinski definition) is 1. The van der Waals surface area contributed by atoms with Crippen molar-refractivity contribution in [3.05, 3.63) is 21.9 Å². The van der Waals surface area contributed by atoms with Crippen LogP contribution in [0.25, 0.3) is 0 Å². The maximum absolute atomic E-state index is 12.4. The molecule has 0 aliphatic carbocycles. The Morgan fingerprint density at radius 2 is 2.27 bits per heavy atom. The lowest BCUT2D eigenvalue weighted by molar-refractivity contribution is 0.0693. The van der Waals surface area contributed by atoms with Gasteiger partial charge in [-0.3, -0.25) is 4.98 Å². The molecule has 7 heteroatoms. The third-order valence-electron chi connectivity index (χ3n) is 1.64. The summed E-state index contributed by atoms with van der Waals surface area (Å²) in [6.45, 7) is 0. The van der Waals surface area contributed by atoms with Crippen LogP contribution in [0, 0.1) is 0 Å². The molecular weight excluding hydrogens is 276 g/mol. The van der Waals surface area contributed by atoms with Crippen LogP contribution < -0.4 is 4.74 Å². The van der Waals surface area contributed by atoms with Gasteiger partial charge in [0.2, 0.25) is 0 Å². The third-order valence-corrected chi connectivity index (χ3v) is 2.43. The van der Waals surface area contributed by atoms with Crippen LogP contribution in [0.5, 0.6) is 5.75 Å². The molecule has 1 aromatic rings. The van der Waals surface area contributed by atoms with E-state index in [1.54, 1.807) is 0 Å². The summed E-state index contributed by atoms with van der Waals surface area (Å²) in [6.07, 6.45) is -1.96. The Bertz CT molecular complexity index is 398. The molecule has 0 fully saturated rings. The minimum absolute atomic E-state index is 0.0391. The van der Waals surface area contributed by atoms with E-state index in [1.165, 1.54) is 7.11 Å². The average Bonchev–Trinajstić information content (AvgIpc) is 2.16. The van der Waals surface area contributed by atoms with Gasteiger partial charge >= 0.3 is 5.97 Å². The lowest BCUT2D eigenvalue weighted by Gasteiger charge is -2.10. The predicted molar refractivity (Wildman–Crippen MR) is 50.4 cm³/mol. The van der Waals surface area contributed by atoms with Crippen LogP contribution in [0.4, 0.5) is 8.78 Å². The Hall–Kier alpha value is -1.24. The predicted octanol–water partition coefficient (Wildman–Crippen LogP) is 2.49. The molecule has 0 radical (unpaired) electrons. The first-order valence-corrected chi connectivity index (χ1v) is 4.52. The van der Waals surface area contributed by atoms with E-state index >= 15 is 0 Å². The van der Waals surface area contributed by atoms with Crippen LogP contribution in [-0.4, -0.2) is 23.2 Å². The number of rotatable bonds is 3. The third kappa shape index (κ3) is 2.23. The smallest absolute Gasteiger partial charge is 0.338 e. The second-order valence-electron chi connectivity index (χ2n) is 2.51. The summed E-state index contributed by atoms with van der Waals surface area (Å²) in [5.41, 5.74) is -0.814. The lowest BCUT2D eigenvalue weighted by Crippen LogP contribution is -2.04. The maximum Gasteiger partial charge on any atom is 0.338 e. The zero-order chi connectivity index (χ0) is 11.6. The largest absolute Gasteiger partial charge is 0.493 e. The van der Waals surface area contributed by atoms with Crippen LogP contribution >= 0.6 is 15.9 Å². The van der Waals surface area contributed by atoms with E-state index in [2.05, 4.69) is 25.7 Å². The summed E-state index contributed by atoms with van der Waals surface area (Å²) < 4.78 is 29.5. The standard InChI is InChI=1S/C8H6BrF2NO3/c1-15-6-4(9)3(8(13)14)2-12-5(6)7(10)11/h2,7H,1H3,(H,13,14). The normalized spacial score (nSPS) is 10.5. The SMILES string of the molecule is COc1c(C(F)F)ncc(C(=O)O)c1Br. The van der Waals surface area contributed by atoms with Crippen LogP contribution in [0.3, 0.4) is 0 Å². The minimum atomic E-state index is -2.82. The number of carboxylic acids is 1. The van der Waals surface area contributed by atoms with Crippen molar-refractivity contribution in [3.63, 3.8) is 0 Å². The highest BCUT2D eigenvalue weighted by Gasteiger charge is 2.22. The topological polar surface area (TPSA) is 59.4 Å². The van der Waals surface area contributed by atoms with E-state index in [1.807, 2.05) is 0 Å². The van der Waals surface area contributed by atoms with Crippen molar-refractivity contribution in [2.24, 2.45) is 0 Å². The summed E-state index contributed by atoms with van der Waals surface area (Å²) in [5, 5.41) is 8.70. The van der Waals surface area contributed by atoms with E-state index in [-0.39, 0.29) is 15.8 Å². The Kier molecular flexibility index (Phi) is 3.57. The molecule has 1 rings (SSSR count). The second kappa shape index (κ2) is 4.52. The first-order valence-electron chi connectivity index (χ1n) is 3.72. The lowest BCUT2D eigenvalue weighted by atomic mass is 10.2. The second-order valence-corrected chi connectivity index (χ2v) is 3.30. The molecule has 4 nitrogen and oxygen atoms in total. The van der Waals surface area contributed by atoms with Gasteiger partial charge in [-0.25, -0.2) is 13.6 Å². The fourth-order valence-corrected chi connectivity index (χ4v) is 1.62. The fourth-order valence-electron chi connectivity index (χ4n) is 0.983. The summed E-state index contributed by atoms with van der Waals surface area (Å²) in [7, 11) is 1.17. The molecule has 0 aliphatic rings. The highest BCUT2D eigenvalue weighted by molar-refractivity contribution is 9.10. The van der Waals surface area contributed by atoms with Crippen molar-refractivity contribution in [2.45, 2.75) is 6.43 Å².